The lowest BCUT2D eigenvalue weighted by molar-refractivity contribution is -0.384. The smallest absolute Gasteiger partial charge is 0.269 e. The molecule has 1 aliphatic heterocycles. The van der Waals surface area contributed by atoms with Gasteiger partial charge in [0.05, 0.1) is 4.92 Å². The summed E-state index contributed by atoms with van der Waals surface area (Å²) in [5.41, 5.74) is 4.18. The first-order chi connectivity index (χ1) is 16.9. The summed E-state index contributed by atoms with van der Waals surface area (Å²) in [6.45, 7) is 8.37. The molecule has 0 saturated carbocycles. The summed E-state index contributed by atoms with van der Waals surface area (Å²) in [4.78, 5) is 40.6. The van der Waals surface area contributed by atoms with Crippen molar-refractivity contribution in [1.29, 1.82) is 0 Å². The predicted octanol–water partition coefficient (Wildman–Crippen LogP) is 7.14. The van der Waals surface area contributed by atoms with Gasteiger partial charge >= 0.3 is 0 Å². The van der Waals surface area contributed by atoms with Gasteiger partial charge in [-0.2, -0.15) is 0 Å². The fraction of sp³-hybridized carbons (Fsp3) is 0.379. The van der Waals surface area contributed by atoms with Crippen molar-refractivity contribution < 1.29 is 14.5 Å². The van der Waals surface area contributed by atoms with Crippen LogP contribution < -0.4 is 4.90 Å². The first-order valence-corrected chi connectivity index (χ1v) is 12.6. The zero-order valence-corrected chi connectivity index (χ0v) is 21.7. The van der Waals surface area contributed by atoms with E-state index in [2.05, 4.69) is 32.6 Å². The minimum Gasteiger partial charge on any atom is -0.317 e. The van der Waals surface area contributed by atoms with Crippen LogP contribution in [0.15, 0.2) is 71.1 Å². The second-order valence-corrected chi connectivity index (χ2v) is 12.1. The number of nitro benzene ring substituents is 1. The van der Waals surface area contributed by atoms with Gasteiger partial charge < -0.3 is 4.90 Å². The third-order valence-electron chi connectivity index (χ3n) is 7.43. The van der Waals surface area contributed by atoms with E-state index in [0.29, 0.717) is 41.9 Å². The summed E-state index contributed by atoms with van der Waals surface area (Å²) < 4.78 is 0. The number of nitro groups is 1. The molecule has 0 bridgehead atoms. The Bertz CT molecular complexity index is 1300. The molecule has 2 aromatic carbocycles. The monoisotopic (exact) mass is 504 g/mol. The van der Waals surface area contributed by atoms with Gasteiger partial charge in [-0.05, 0) is 53.5 Å². The SMILES string of the molecule is CC1(C)CC(=O)C2=C(C1)N(c1ccc(Cl)cc1)C1=C(C(=O)CC(C)(C)C1)C2c1ccc([N+](=O)[O-])cc1. The molecule has 0 unspecified atom stereocenters. The highest BCUT2D eigenvalue weighted by atomic mass is 35.5. The van der Waals surface area contributed by atoms with Crippen LogP contribution in [0.1, 0.15) is 64.9 Å². The number of rotatable bonds is 3. The van der Waals surface area contributed by atoms with Gasteiger partial charge in [0, 0.05) is 64.1 Å². The van der Waals surface area contributed by atoms with Crippen LogP contribution in [-0.4, -0.2) is 16.5 Å². The van der Waals surface area contributed by atoms with Crippen LogP contribution in [0, 0.1) is 20.9 Å². The zero-order chi connectivity index (χ0) is 26.0. The number of carbonyl (C=O) groups excluding carboxylic acids is 2. The molecule has 0 amide bonds. The maximum Gasteiger partial charge on any atom is 0.269 e. The lowest BCUT2D eigenvalue weighted by atomic mass is 9.63. The number of halogens is 1. The molecule has 5 rings (SSSR count). The van der Waals surface area contributed by atoms with E-state index in [1.54, 1.807) is 12.1 Å². The highest BCUT2D eigenvalue weighted by molar-refractivity contribution is 6.30. The minimum atomic E-state index is -0.536. The van der Waals surface area contributed by atoms with E-state index in [0.717, 1.165) is 22.6 Å². The number of Topliss-reactive ketones (excluding diaryl/α,β-unsaturated/α-hetero) is 2. The lowest BCUT2D eigenvalue weighted by Crippen LogP contribution is -2.44. The first kappa shape index (κ1) is 24.4. The van der Waals surface area contributed by atoms with Crippen molar-refractivity contribution in [2.24, 2.45) is 10.8 Å². The maximum absolute atomic E-state index is 13.8. The fourth-order valence-electron chi connectivity index (χ4n) is 5.99. The van der Waals surface area contributed by atoms with Crippen molar-refractivity contribution >= 4 is 34.5 Å². The van der Waals surface area contributed by atoms with Gasteiger partial charge in [0.1, 0.15) is 0 Å². The molecule has 1 heterocycles. The molecule has 36 heavy (non-hydrogen) atoms. The topological polar surface area (TPSA) is 80.5 Å². The Labute approximate surface area is 215 Å². The molecule has 2 aliphatic carbocycles. The van der Waals surface area contributed by atoms with E-state index in [1.165, 1.54) is 12.1 Å². The predicted molar refractivity (Wildman–Crippen MR) is 140 cm³/mol. The highest BCUT2D eigenvalue weighted by Crippen LogP contribution is 2.55. The molecule has 0 N–H and O–H groups in total. The lowest BCUT2D eigenvalue weighted by Gasteiger charge is -2.49. The molecule has 3 aliphatic rings. The molecular weight excluding hydrogens is 476 g/mol. The number of hydrogen-bond donors (Lipinski definition) is 0. The first-order valence-electron chi connectivity index (χ1n) is 12.2. The molecular formula is C29H29ClN2O4. The van der Waals surface area contributed by atoms with Gasteiger partial charge in [-0.3, -0.25) is 19.7 Å². The minimum absolute atomic E-state index is 0.0204. The average molecular weight is 505 g/mol. The van der Waals surface area contributed by atoms with Crippen molar-refractivity contribution in [3.05, 3.63) is 91.8 Å². The quantitative estimate of drug-likeness (QED) is 0.328. The molecule has 2 aromatic rings. The van der Waals surface area contributed by atoms with Crippen LogP contribution in [0.5, 0.6) is 0 Å². The second-order valence-electron chi connectivity index (χ2n) is 11.7. The van der Waals surface area contributed by atoms with Gasteiger partial charge in [0.25, 0.3) is 5.69 Å². The molecule has 6 nitrogen and oxygen atoms in total. The highest BCUT2D eigenvalue weighted by Gasteiger charge is 2.49. The molecule has 186 valence electrons. The largest absolute Gasteiger partial charge is 0.317 e. The number of nitrogens with zero attached hydrogens (tertiary/aromatic N) is 2. The van der Waals surface area contributed by atoms with Crippen LogP contribution >= 0.6 is 11.6 Å². The molecule has 0 radical (unpaired) electrons. The van der Waals surface area contributed by atoms with Gasteiger partial charge in [-0.1, -0.05) is 51.4 Å². The molecule has 7 heteroatoms. The Kier molecular flexibility index (Phi) is 5.71. The Morgan fingerprint density at radius 1 is 0.806 bits per heavy atom. The van der Waals surface area contributed by atoms with Crippen molar-refractivity contribution in [1.82, 2.24) is 0 Å². The number of allylic oxidation sites excluding steroid dienone is 4. The number of anilines is 1. The molecule has 0 spiro atoms. The van der Waals surface area contributed by atoms with E-state index in [9.17, 15) is 19.7 Å². The van der Waals surface area contributed by atoms with Crippen molar-refractivity contribution in [2.45, 2.75) is 59.3 Å². The van der Waals surface area contributed by atoms with Crippen molar-refractivity contribution in [3.63, 3.8) is 0 Å². The Hall–Kier alpha value is -3.25. The third-order valence-corrected chi connectivity index (χ3v) is 7.68. The summed E-state index contributed by atoms with van der Waals surface area (Å²) in [5, 5.41) is 11.9. The van der Waals surface area contributed by atoms with E-state index < -0.39 is 10.8 Å². The Morgan fingerprint density at radius 3 is 1.72 bits per heavy atom. The van der Waals surface area contributed by atoms with E-state index in [4.69, 9.17) is 11.6 Å². The van der Waals surface area contributed by atoms with Crippen molar-refractivity contribution in [2.75, 3.05) is 4.90 Å². The van der Waals surface area contributed by atoms with Gasteiger partial charge in [0.15, 0.2) is 11.6 Å². The standard InChI is InChI=1S/C29H29ClN2O4/c1-28(2)13-21-26(23(33)15-28)25(17-5-9-20(10-6-17)32(35)36)27-22(14-29(3,4)16-24(27)34)31(21)19-11-7-18(30)8-12-19/h5-12,25H,13-16H2,1-4H3. The number of benzene rings is 2. The van der Waals surface area contributed by atoms with E-state index in [1.807, 2.05) is 24.3 Å². The summed E-state index contributed by atoms with van der Waals surface area (Å²) in [6, 6.07) is 13.8. The number of ketones is 2. The molecule has 0 aromatic heterocycles. The van der Waals surface area contributed by atoms with E-state index in [-0.39, 0.29) is 28.1 Å². The van der Waals surface area contributed by atoms with Crippen molar-refractivity contribution in [3.8, 4) is 0 Å². The normalized spacial score (nSPS) is 21.4. The molecule has 0 saturated heterocycles. The van der Waals surface area contributed by atoms with Crippen LogP contribution in [-0.2, 0) is 9.59 Å². The maximum atomic E-state index is 13.8. The van der Waals surface area contributed by atoms with Crippen LogP contribution in [0.2, 0.25) is 5.02 Å². The summed E-state index contributed by atoms with van der Waals surface area (Å²) >= 11 is 6.20. The van der Waals surface area contributed by atoms with Crippen LogP contribution in [0.4, 0.5) is 11.4 Å². The number of carbonyl (C=O) groups is 2. The third kappa shape index (κ3) is 4.17. The summed E-state index contributed by atoms with van der Waals surface area (Å²) in [5.74, 6) is -0.493. The number of hydrogen-bond acceptors (Lipinski definition) is 5. The summed E-state index contributed by atoms with van der Waals surface area (Å²) in [7, 11) is 0. The second kappa shape index (κ2) is 8.41. The molecule has 0 fully saturated rings. The van der Waals surface area contributed by atoms with Gasteiger partial charge in [-0.25, -0.2) is 0 Å². The van der Waals surface area contributed by atoms with E-state index >= 15 is 0 Å². The average Bonchev–Trinajstić information content (AvgIpc) is 2.77. The van der Waals surface area contributed by atoms with Gasteiger partial charge in [0.2, 0.25) is 0 Å². The summed E-state index contributed by atoms with van der Waals surface area (Å²) in [6.07, 6.45) is 2.11. The Balaban J connectivity index is 1.80. The Morgan fingerprint density at radius 2 is 1.28 bits per heavy atom. The zero-order valence-electron chi connectivity index (χ0n) is 20.9. The molecule has 0 atom stereocenters. The van der Waals surface area contributed by atoms with Crippen LogP contribution in [0.3, 0.4) is 0 Å². The number of non-ortho nitro benzene ring substituents is 1. The fourth-order valence-corrected chi connectivity index (χ4v) is 6.11. The van der Waals surface area contributed by atoms with Crippen LogP contribution in [0.25, 0.3) is 0 Å². The van der Waals surface area contributed by atoms with Gasteiger partial charge in [-0.15, -0.1) is 0 Å².